The monoisotopic (exact) mass is 437 g/mol. The Morgan fingerprint density at radius 2 is 1.77 bits per heavy atom. The number of halogens is 3. The van der Waals surface area contributed by atoms with Gasteiger partial charge in [0.15, 0.2) is 5.11 Å². The predicted molar refractivity (Wildman–Crippen MR) is 110 cm³/mol. The van der Waals surface area contributed by atoms with Crippen molar-refractivity contribution in [1.82, 2.24) is 14.8 Å². The zero-order valence-electron chi connectivity index (χ0n) is 16.0. The third-order valence-corrected chi connectivity index (χ3v) is 4.17. The Balaban J connectivity index is 1.64. The lowest BCUT2D eigenvalue weighted by Crippen LogP contribution is -2.20. The third-order valence-electron chi connectivity index (χ3n) is 3.97. The lowest BCUT2D eigenvalue weighted by molar-refractivity contribution is -0.137. The number of methoxy groups -OCH3 is 2. The maximum absolute atomic E-state index is 12.8. The van der Waals surface area contributed by atoms with Gasteiger partial charge in [-0.1, -0.05) is 12.1 Å². The number of anilines is 2. The normalized spacial score (nSPS) is 11.1. The molecule has 11 heteroatoms. The molecule has 0 spiro atoms. The highest BCUT2D eigenvalue weighted by atomic mass is 32.1. The van der Waals surface area contributed by atoms with Gasteiger partial charge in [0.1, 0.15) is 17.8 Å². The fraction of sp³-hybridized carbons (Fsp3) is 0.211. The number of nitrogens with one attached hydrogen (secondary N) is 2. The highest BCUT2D eigenvalue weighted by Gasteiger charge is 2.30. The Labute approximate surface area is 175 Å². The van der Waals surface area contributed by atoms with E-state index in [0.717, 1.165) is 12.1 Å². The van der Waals surface area contributed by atoms with Crippen molar-refractivity contribution >= 4 is 29.0 Å². The van der Waals surface area contributed by atoms with E-state index in [2.05, 4.69) is 20.7 Å². The fourth-order valence-corrected chi connectivity index (χ4v) is 2.81. The summed E-state index contributed by atoms with van der Waals surface area (Å²) in [5.74, 6) is 1.38. The van der Waals surface area contributed by atoms with E-state index in [9.17, 15) is 13.2 Å². The molecular weight excluding hydrogens is 419 g/mol. The molecule has 0 aliphatic carbocycles. The van der Waals surface area contributed by atoms with Crippen molar-refractivity contribution in [1.29, 1.82) is 0 Å². The Morgan fingerprint density at radius 3 is 2.40 bits per heavy atom. The lowest BCUT2D eigenvalue weighted by atomic mass is 10.1. The smallest absolute Gasteiger partial charge is 0.416 e. The summed E-state index contributed by atoms with van der Waals surface area (Å²) in [5.41, 5.74) is 0.370. The minimum absolute atomic E-state index is 0.131. The predicted octanol–water partition coefficient (Wildman–Crippen LogP) is 4.17. The van der Waals surface area contributed by atoms with E-state index in [1.165, 1.54) is 31.3 Å². The largest absolute Gasteiger partial charge is 0.497 e. The third kappa shape index (κ3) is 5.60. The van der Waals surface area contributed by atoms with E-state index < -0.39 is 11.7 Å². The molecule has 1 aromatic heterocycles. The van der Waals surface area contributed by atoms with E-state index in [-0.39, 0.29) is 17.6 Å². The van der Waals surface area contributed by atoms with Crippen molar-refractivity contribution in [2.45, 2.75) is 12.7 Å². The van der Waals surface area contributed by atoms with Crippen molar-refractivity contribution in [3.8, 4) is 11.5 Å². The lowest BCUT2D eigenvalue weighted by Gasteiger charge is -2.11. The van der Waals surface area contributed by atoms with Gasteiger partial charge in [-0.2, -0.15) is 13.2 Å². The SMILES string of the molecule is COc1cc(NC(=S)Nc2ncn(Cc3cccc(C(F)(F)F)c3)n2)cc(OC)c1. The van der Waals surface area contributed by atoms with Crippen molar-refractivity contribution in [2.75, 3.05) is 24.9 Å². The minimum Gasteiger partial charge on any atom is -0.497 e. The Morgan fingerprint density at radius 1 is 1.07 bits per heavy atom. The second kappa shape index (κ2) is 8.99. The van der Waals surface area contributed by atoms with Crippen LogP contribution in [0.15, 0.2) is 48.8 Å². The van der Waals surface area contributed by atoms with Crippen LogP contribution in [0.2, 0.25) is 0 Å². The molecule has 0 bridgehead atoms. The van der Waals surface area contributed by atoms with Crippen molar-refractivity contribution < 1.29 is 22.6 Å². The number of alkyl halides is 3. The summed E-state index contributed by atoms with van der Waals surface area (Å²) in [6.07, 6.45) is -2.99. The first-order valence-electron chi connectivity index (χ1n) is 8.63. The van der Waals surface area contributed by atoms with Crippen LogP contribution in [0.4, 0.5) is 24.8 Å². The van der Waals surface area contributed by atoms with Gasteiger partial charge in [-0.15, -0.1) is 5.10 Å². The van der Waals surface area contributed by atoms with Crippen LogP contribution in [0.3, 0.4) is 0 Å². The highest BCUT2D eigenvalue weighted by molar-refractivity contribution is 7.80. The molecule has 0 saturated heterocycles. The number of ether oxygens (including phenoxy) is 2. The molecule has 0 fully saturated rings. The van der Waals surface area contributed by atoms with E-state index in [0.29, 0.717) is 22.7 Å². The van der Waals surface area contributed by atoms with Gasteiger partial charge in [-0.05, 0) is 29.9 Å². The molecule has 0 aliphatic rings. The van der Waals surface area contributed by atoms with Crippen molar-refractivity contribution in [2.24, 2.45) is 0 Å². The Kier molecular flexibility index (Phi) is 6.40. The Hall–Kier alpha value is -3.34. The van der Waals surface area contributed by atoms with Gasteiger partial charge in [0.25, 0.3) is 0 Å². The van der Waals surface area contributed by atoms with Crippen LogP contribution in [-0.4, -0.2) is 34.1 Å². The molecule has 2 N–H and O–H groups in total. The van der Waals surface area contributed by atoms with Crippen LogP contribution < -0.4 is 20.1 Å². The molecule has 0 atom stereocenters. The molecule has 0 saturated carbocycles. The first kappa shape index (κ1) is 21.4. The summed E-state index contributed by atoms with van der Waals surface area (Å²) < 4.78 is 50.4. The minimum atomic E-state index is -4.40. The van der Waals surface area contributed by atoms with Gasteiger partial charge in [0, 0.05) is 23.9 Å². The molecular formula is C19H18F3N5O2S. The van der Waals surface area contributed by atoms with Crippen LogP contribution in [-0.2, 0) is 12.7 Å². The number of thiocarbonyl (C=S) groups is 1. The summed E-state index contributed by atoms with van der Waals surface area (Å²) in [5, 5.41) is 10.2. The molecule has 3 rings (SSSR count). The van der Waals surface area contributed by atoms with Crippen molar-refractivity contribution in [3.63, 3.8) is 0 Å². The quantitative estimate of drug-likeness (QED) is 0.561. The number of hydrogen-bond donors (Lipinski definition) is 2. The molecule has 0 unspecified atom stereocenters. The van der Waals surface area contributed by atoms with Gasteiger partial charge in [0.05, 0.1) is 26.3 Å². The highest BCUT2D eigenvalue weighted by Crippen LogP contribution is 2.29. The second-order valence-corrected chi connectivity index (χ2v) is 6.55. The van der Waals surface area contributed by atoms with Gasteiger partial charge in [0.2, 0.25) is 5.95 Å². The van der Waals surface area contributed by atoms with Crippen LogP contribution in [0, 0.1) is 0 Å². The summed E-state index contributed by atoms with van der Waals surface area (Å²) in [6.45, 7) is 0.131. The molecule has 158 valence electrons. The van der Waals surface area contributed by atoms with Gasteiger partial charge >= 0.3 is 6.18 Å². The maximum Gasteiger partial charge on any atom is 0.416 e. The van der Waals surface area contributed by atoms with Crippen LogP contribution in [0.1, 0.15) is 11.1 Å². The first-order chi connectivity index (χ1) is 14.3. The number of nitrogens with zero attached hydrogens (tertiary/aromatic N) is 3. The van der Waals surface area contributed by atoms with E-state index in [1.807, 2.05) is 0 Å². The standard InChI is InChI=1S/C19H18F3N5O2S/c1-28-15-7-14(8-16(9-15)29-2)24-18(30)25-17-23-11-27(26-17)10-12-4-3-5-13(6-12)19(20,21)22/h3-9,11H,10H2,1-2H3,(H2,24,25,26,30). The average Bonchev–Trinajstić information content (AvgIpc) is 3.13. The zero-order valence-corrected chi connectivity index (χ0v) is 16.8. The van der Waals surface area contributed by atoms with Gasteiger partial charge < -0.3 is 14.8 Å². The fourth-order valence-electron chi connectivity index (χ4n) is 2.60. The number of aromatic nitrogens is 3. The van der Waals surface area contributed by atoms with Gasteiger partial charge in [-0.25, -0.2) is 9.67 Å². The summed E-state index contributed by atoms with van der Waals surface area (Å²) >= 11 is 5.26. The summed E-state index contributed by atoms with van der Waals surface area (Å²) in [6, 6.07) is 10.2. The topological polar surface area (TPSA) is 73.2 Å². The first-order valence-corrected chi connectivity index (χ1v) is 9.04. The zero-order chi connectivity index (χ0) is 21.7. The maximum atomic E-state index is 12.8. The average molecular weight is 437 g/mol. The summed E-state index contributed by atoms with van der Waals surface area (Å²) in [7, 11) is 3.08. The van der Waals surface area contributed by atoms with E-state index in [4.69, 9.17) is 21.7 Å². The molecule has 2 aromatic carbocycles. The molecule has 7 nitrogen and oxygen atoms in total. The van der Waals surface area contributed by atoms with E-state index in [1.54, 1.807) is 24.3 Å². The van der Waals surface area contributed by atoms with E-state index >= 15 is 0 Å². The number of benzene rings is 2. The number of hydrogen-bond acceptors (Lipinski definition) is 5. The van der Waals surface area contributed by atoms with Gasteiger partial charge in [-0.3, -0.25) is 5.32 Å². The van der Waals surface area contributed by atoms with Crippen LogP contribution in [0.5, 0.6) is 11.5 Å². The molecule has 0 radical (unpaired) electrons. The molecule has 3 aromatic rings. The second-order valence-electron chi connectivity index (χ2n) is 6.14. The van der Waals surface area contributed by atoms with Crippen molar-refractivity contribution in [3.05, 3.63) is 59.9 Å². The Bertz CT molecular complexity index is 1020. The molecule has 30 heavy (non-hydrogen) atoms. The number of rotatable bonds is 6. The summed E-state index contributed by atoms with van der Waals surface area (Å²) in [4.78, 5) is 4.07. The molecule has 0 amide bonds. The van der Waals surface area contributed by atoms with Crippen LogP contribution in [0.25, 0.3) is 0 Å². The van der Waals surface area contributed by atoms with Crippen LogP contribution >= 0.6 is 12.2 Å². The molecule has 1 heterocycles. The molecule has 0 aliphatic heterocycles.